The highest BCUT2D eigenvalue weighted by Gasteiger charge is 2.23. The molecule has 2 aromatic carbocycles. The van der Waals surface area contributed by atoms with Crippen LogP contribution in [-0.2, 0) is 11.4 Å². The van der Waals surface area contributed by atoms with Gasteiger partial charge in [0.2, 0.25) is 0 Å². The summed E-state index contributed by atoms with van der Waals surface area (Å²) in [6.07, 6.45) is 1.56. The van der Waals surface area contributed by atoms with Crippen molar-refractivity contribution in [2.24, 2.45) is 0 Å². The Morgan fingerprint density at radius 1 is 1.15 bits per heavy atom. The number of urea groups is 1. The first-order chi connectivity index (χ1) is 12.9. The van der Waals surface area contributed by atoms with Gasteiger partial charge in [0.1, 0.15) is 12.3 Å². The summed E-state index contributed by atoms with van der Waals surface area (Å²) in [6, 6.07) is 8.17. The molecule has 0 spiro atoms. The van der Waals surface area contributed by atoms with E-state index in [4.69, 9.17) is 32.7 Å². The van der Waals surface area contributed by atoms with E-state index in [0.717, 1.165) is 9.13 Å². The van der Waals surface area contributed by atoms with Crippen LogP contribution in [0.4, 0.5) is 4.79 Å². The van der Waals surface area contributed by atoms with Crippen LogP contribution in [0.1, 0.15) is 11.1 Å². The summed E-state index contributed by atoms with van der Waals surface area (Å²) in [5.74, 6) is 0.557. The number of amides is 3. The van der Waals surface area contributed by atoms with Gasteiger partial charge in [0, 0.05) is 15.6 Å². The van der Waals surface area contributed by atoms with Gasteiger partial charge in [-0.05, 0) is 58.5 Å². The fraction of sp³-hybridized carbons (Fsp3) is 0.111. The average molecular weight is 519 g/mol. The Kier molecular flexibility index (Phi) is 6.13. The number of benzene rings is 2. The summed E-state index contributed by atoms with van der Waals surface area (Å²) in [4.78, 5) is 22.9. The van der Waals surface area contributed by atoms with Gasteiger partial charge in [0.25, 0.3) is 5.91 Å². The largest absolute Gasteiger partial charge is 0.493 e. The Morgan fingerprint density at radius 3 is 2.56 bits per heavy atom. The number of nitrogens with one attached hydrogen (secondary N) is 2. The number of hydrogen-bond donors (Lipinski definition) is 2. The summed E-state index contributed by atoms with van der Waals surface area (Å²) < 4.78 is 12.1. The van der Waals surface area contributed by atoms with E-state index in [0.29, 0.717) is 27.1 Å². The van der Waals surface area contributed by atoms with E-state index in [9.17, 15) is 9.59 Å². The van der Waals surface area contributed by atoms with Gasteiger partial charge in [0.15, 0.2) is 11.5 Å². The van der Waals surface area contributed by atoms with E-state index in [1.54, 1.807) is 30.3 Å². The van der Waals surface area contributed by atoms with Crippen LogP contribution in [0, 0.1) is 3.57 Å². The molecule has 0 aliphatic carbocycles. The number of carbonyl (C=O) groups is 2. The number of hydrogen-bond acceptors (Lipinski definition) is 4. The zero-order valence-electron chi connectivity index (χ0n) is 13.9. The second-order valence-corrected chi connectivity index (χ2v) is 7.53. The number of carbonyl (C=O) groups excluding carboxylic acids is 2. The molecule has 2 aromatic rings. The molecule has 3 rings (SSSR count). The highest BCUT2D eigenvalue weighted by atomic mass is 127. The van der Waals surface area contributed by atoms with Crippen molar-refractivity contribution in [2.45, 2.75) is 6.61 Å². The zero-order valence-corrected chi connectivity index (χ0v) is 17.6. The van der Waals surface area contributed by atoms with E-state index in [-0.39, 0.29) is 12.3 Å². The second-order valence-electron chi connectivity index (χ2n) is 5.52. The topological polar surface area (TPSA) is 76.7 Å². The molecule has 1 heterocycles. The SMILES string of the molecule is COc1cc(/C=C2/NC(=O)NC2=O)cc(I)c1OCc1ccc(Cl)cc1Cl. The molecule has 0 atom stereocenters. The Balaban J connectivity index is 1.85. The Hall–Kier alpha value is -1.97. The number of imide groups is 1. The van der Waals surface area contributed by atoms with Gasteiger partial charge in [-0.25, -0.2) is 4.79 Å². The lowest BCUT2D eigenvalue weighted by Crippen LogP contribution is -2.22. The first kappa shape index (κ1) is 19.8. The maximum Gasteiger partial charge on any atom is 0.326 e. The third kappa shape index (κ3) is 4.66. The summed E-state index contributed by atoms with van der Waals surface area (Å²) >= 11 is 14.2. The molecule has 0 aromatic heterocycles. The van der Waals surface area contributed by atoms with E-state index < -0.39 is 11.9 Å². The van der Waals surface area contributed by atoms with Gasteiger partial charge in [-0.15, -0.1) is 0 Å². The van der Waals surface area contributed by atoms with Crippen LogP contribution in [0.25, 0.3) is 6.08 Å². The van der Waals surface area contributed by atoms with Crippen LogP contribution < -0.4 is 20.1 Å². The van der Waals surface area contributed by atoms with Crippen molar-refractivity contribution in [3.63, 3.8) is 0 Å². The van der Waals surface area contributed by atoms with Crippen molar-refractivity contribution >= 4 is 63.8 Å². The van der Waals surface area contributed by atoms with Crippen molar-refractivity contribution in [3.8, 4) is 11.5 Å². The average Bonchev–Trinajstić information content (AvgIpc) is 2.92. The van der Waals surface area contributed by atoms with Crippen LogP contribution in [0.5, 0.6) is 11.5 Å². The molecular formula is C18H13Cl2IN2O4. The van der Waals surface area contributed by atoms with Crippen LogP contribution in [0.15, 0.2) is 36.0 Å². The molecule has 9 heteroatoms. The highest BCUT2D eigenvalue weighted by Crippen LogP contribution is 2.35. The Labute approximate surface area is 179 Å². The molecule has 0 saturated carbocycles. The molecule has 1 saturated heterocycles. The minimum absolute atomic E-state index is 0.166. The molecule has 6 nitrogen and oxygen atoms in total. The maximum atomic E-state index is 11.7. The van der Waals surface area contributed by atoms with Crippen molar-refractivity contribution < 1.29 is 19.1 Å². The first-order valence-electron chi connectivity index (χ1n) is 7.65. The monoisotopic (exact) mass is 518 g/mol. The van der Waals surface area contributed by atoms with Crippen LogP contribution >= 0.6 is 45.8 Å². The predicted molar refractivity (Wildman–Crippen MR) is 111 cm³/mol. The maximum absolute atomic E-state index is 11.7. The molecule has 1 aliphatic heterocycles. The van der Waals surface area contributed by atoms with Crippen molar-refractivity contribution in [1.82, 2.24) is 10.6 Å². The summed E-state index contributed by atoms with van der Waals surface area (Å²) in [5, 5.41) is 5.66. The van der Waals surface area contributed by atoms with Crippen molar-refractivity contribution in [3.05, 3.63) is 60.8 Å². The van der Waals surface area contributed by atoms with Crippen molar-refractivity contribution in [1.29, 1.82) is 0 Å². The van der Waals surface area contributed by atoms with Gasteiger partial charge in [0.05, 0.1) is 10.7 Å². The lowest BCUT2D eigenvalue weighted by atomic mass is 10.1. The normalized spacial score (nSPS) is 14.9. The zero-order chi connectivity index (χ0) is 19.6. The summed E-state index contributed by atoms with van der Waals surface area (Å²) in [7, 11) is 1.52. The first-order valence-corrected chi connectivity index (χ1v) is 9.49. The molecule has 1 aliphatic rings. The lowest BCUT2D eigenvalue weighted by molar-refractivity contribution is -0.115. The summed E-state index contributed by atoms with van der Waals surface area (Å²) in [5.41, 5.74) is 1.63. The van der Waals surface area contributed by atoms with Crippen LogP contribution in [0.2, 0.25) is 10.0 Å². The fourth-order valence-electron chi connectivity index (χ4n) is 2.40. The number of rotatable bonds is 5. The number of methoxy groups -OCH3 is 1. The predicted octanol–water partition coefficient (Wildman–Crippen LogP) is 4.37. The lowest BCUT2D eigenvalue weighted by Gasteiger charge is -2.14. The molecule has 27 heavy (non-hydrogen) atoms. The van der Waals surface area contributed by atoms with E-state index in [2.05, 4.69) is 33.2 Å². The number of halogens is 3. The third-order valence-corrected chi connectivity index (χ3v) is 5.06. The molecule has 1 fully saturated rings. The molecule has 3 amide bonds. The fourth-order valence-corrected chi connectivity index (χ4v) is 3.65. The highest BCUT2D eigenvalue weighted by molar-refractivity contribution is 14.1. The van der Waals surface area contributed by atoms with Crippen LogP contribution in [-0.4, -0.2) is 19.0 Å². The number of ether oxygens (including phenoxy) is 2. The minimum atomic E-state index is -0.548. The molecule has 0 unspecified atom stereocenters. The Morgan fingerprint density at radius 2 is 1.93 bits per heavy atom. The van der Waals surface area contributed by atoms with Crippen LogP contribution in [0.3, 0.4) is 0 Å². The molecule has 0 radical (unpaired) electrons. The molecule has 140 valence electrons. The van der Waals surface area contributed by atoms with Gasteiger partial charge in [-0.3, -0.25) is 10.1 Å². The van der Waals surface area contributed by atoms with Gasteiger partial charge in [-0.2, -0.15) is 0 Å². The molecule has 0 bridgehead atoms. The summed E-state index contributed by atoms with van der Waals surface area (Å²) in [6.45, 7) is 0.237. The quantitative estimate of drug-likeness (QED) is 0.350. The third-order valence-electron chi connectivity index (χ3n) is 3.67. The Bertz CT molecular complexity index is 963. The van der Waals surface area contributed by atoms with Gasteiger partial charge >= 0.3 is 6.03 Å². The van der Waals surface area contributed by atoms with Gasteiger partial charge in [-0.1, -0.05) is 29.3 Å². The van der Waals surface area contributed by atoms with Crippen molar-refractivity contribution in [2.75, 3.05) is 7.11 Å². The standard InChI is InChI=1S/C18H13Cl2IN2O4/c1-26-15-6-9(5-14-17(24)23-18(25)22-14)4-13(21)16(15)27-8-10-2-3-11(19)7-12(10)20/h2-7H,8H2,1H3,(H2,22,23,24,25)/b14-5+. The van der Waals surface area contributed by atoms with Gasteiger partial charge < -0.3 is 14.8 Å². The smallest absolute Gasteiger partial charge is 0.326 e. The minimum Gasteiger partial charge on any atom is -0.493 e. The van der Waals surface area contributed by atoms with E-state index in [1.165, 1.54) is 7.11 Å². The van der Waals surface area contributed by atoms with E-state index >= 15 is 0 Å². The molecular weight excluding hydrogens is 506 g/mol. The molecule has 2 N–H and O–H groups in total. The second kappa shape index (κ2) is 8.37. The van der Waals surface area contributed by atoms with E-state index in [1.807, 2.05) is 6.07 Å².